The van der Waals surface area contributed by atoms with E-state index in [1.165, 1.54) is 4.68 Å². The van der Waals surface area contributed by atoms with Crippen molar-refractivity contribution in [2.24, 2.45) is 7.05 Å². The Morgan fingerprint density at radius 3 is 2.56 bits per heavy atom. The summed E-state index contributed by atoms with van der Waals surface area (Å²) < 4.78 is 44.1. The van der Waals surface area contributed by atoms with E-state index in [-0.39, 0.29) is 28.3 Å². The maximum absolute atomic E-state index is 13.9. The number of carbonyl (C=O) groups is 1. The first-order chi connectivity index (χ1) is 12.6. The third-order valence-electron chi connectivity index (χ3n) is 4.57. The largest absolute Gasteiger partial charge is 0.480 e. The molecule has 0 radical (unpaired) electrons. The van der Waals surface area contributed by atoms with Crippen LogP contribution in [-0.2, 0) is 24.6 Å². The van der Waals surface area contributed by atoms with Crippen LogP contribution >= 0.6 is 0 Å². The average Bonchev–Trinajstić information content (AvgIpc) is 3.26. The molecule has 1 aliphatic carbocycles. The average molecular weight is 379 g/mol. The quantitative estimate of drug-likeness (QED) is 0.753. The van der Waals surface area contributed by atoms with E-state index < -0.39 is 24.3 Å². The highest BCUT2D eigenvalue weighted by Crippen LogP contribution is 2.46. The summed E-state index contributed by atoms with van der Waals surface area (Å²) in [6.45, 7) is 1.13. The molecule has 3 aromatic heterocycles. The number of aliphatic carboxylic acids is 1. The van der Waals surface area contributed by atoms with Gasteiger partial charge in [-0.1, -0.05) is 0 Å². The molecule has 3 heterocycles. The summed E-state index contributed by atoms with van der Waals surface area (Å²) in [5, 5.41) is 17.4. The minimum absolute atomic E-state index is 0.0626. The standard InChI is InChI=1S/C17H16F3N5O2/c1-8-10(6-24(2)22-8)12-5-11(17(18,19)20)14-15(9-3-4-9)23-25(7-13(26)27)16(14)21-12/h5-6,9H,3-4,7H2,1-2H3,(H,26,27). The second kappa shape index (κ2) is 5.80. The number of nitrogens with zero attached hydrogens (tertiary/aromatic N) is 5. The van der Waals surface area contributed by atoms with Crippen molar-refractivity contribution in [3.8, 4) is 11.3 Å². The molecule has 0 bridgehead atoms. The minimum atomic E-state index is -4.62. The van der Waals surface area contributed by atoms with Crippen LogP contribution in [0.4, 0.5) is 13.2 Å². The Balaban J connectivity index is 2.05. The summed E-state index contributed by atoms with van der Waals surface area (Å²) in [4.78, 5) is 15.5. The number of pyridine rings is 1. The lowest BCUT2D eigenvalue weighted by molar-refractivity contribution is -0.138. The number of alkyl halides is 3. The molecule has 0 unspecified atom stereocenters. The summed E-state index contributed by atoms with van der Waals surface area (Å²) in [5.74, 6) is -1.28. The Morgan fingerprint density at radius 2 is 2.04 bits per heavy atom. The van der Waals surface area contributed by atoms with E-state index in [1.807, 2.05) is 0 Å². The number of hydrogen-bond acceptors (Lipinski definition) is 4. The summed E-state index contributed by atoms with van der Waals surface area (Å²) in [7, 11) is 1.67. The van der Waals surface area contributed by atoms with E-state index in [0.717, 1.165) is 23.6 Å². The molecule has 7 nitrogen and oxygen atoms in total. The van der Waals surface area contributed by atoms with Gasteiger partial charge in [-0.15, -0.1) is 0 Å². The second-order valence-electron chi connectivity index (χ2n) is 6.76. The number of fused-ring (bicyclic) bond motifs is 1. The van der Waals surface area contributed by atoms with Crippen molar-refractivity contribution >= 4 is 17.0 Å². The van der Waals surface area contributed by atoms with Crippen molar-refractivity contribution in [1.29, 1.82) is 0 Å². The Labute approximate surface area is 151 Å². The van der Waals surface area contributed by atoms with Crippen LogP contribution in [0, 0.1) is 6.92 Å². The van der Waals surface area contributed by atoms with Gasteiger partial charge < -0.3 is 5.11 Å². The smallest absolute Gasteiger partial charge is 0.417 e. The molecule has 4 rings (SSSR count). The third-order valence-corrected chi connectivity index (χ3v) is 4.57. The number of halogens is 3. The lowest BCUT2D eigenvalue weighted by Crippen LogP contribution is -2.12. The molecule has 0 aromatic carbocycles. The molecule has 0 saturated heterocycles. The van der Waals surface area contributed by atoms with Crippen molar-refractivity contribution in [2.45, 2.75) is 38.4 Å². The van der Waals surface area contributed by atoms with Gasteiger partial charge in [-0.05, 0) is 25.8 Å². The van der Waals surface area contributed by atoms with Crippen molar-refractivity contribution in [3.05, 3.63) is 29.2 Å². The summed E-state index contributed by atoms with van der Waals surface area (Å²) >= 11 is 0. The molecule has 1 saturated carbocycles. The Kier molecular flexibility index (Phi) is 3.76. The highest BCUT2D eigenvalue weighted by molar-refractivity contribution is 5.87. The highest BCUT2D eigenvalue weighted by atomic mass is 19.4. The lowest BCUT2D eigenvalue weighted by Gasteiger charge is -2.11. The lowest BCUT2D eigenvalue weighted by atomic mass is 10.0. The number of hydrogen-bond donors (Lipinski definition) is 1. The molecule has 10 heteroatoms. The van der Waals surface area contributed by atoms with E-state index >= 15 is 0 Å². The molecule has 1 fully saturated rings. The molecule has 27 heavy (non-hydrogen) atoms. The summed E-state index contributed by atoms with van der Waals surface area (Å²) in [6, 6.07) is 1.00. The SMILES string of the molecule is Cc1nn(C)cc1-c1cc(C(F)(F)F)c2c(C3CC3)nn(CC(=O)O)c2n1. The fraction of sp³-hybridized carbons (Fsp3) is 0.412. The van der Waals surface area contributed by atoms with Crippen molar-refractivity contribution < 1.29 is 23.1 Å². The van der Waals surface area contributed by atoms with E-state index in [4.69, 9.17) is 5.11 Å². The fourth-order valence-corrected chi connectivity index (χ4v) is 3.29. The van der Waals surface area contributed by atoms with Gasteiger partial charge in [0.15, 0.2) is 5.65 Å². The van der Waals surface area contributed by atoms with Crippen LogP contribution in [0.2, 0.25) is 0 Å². The van der Waals surface area contributed by atoms with Crippen LogP contribution < -0.4 is 0 Å². The molecule has 0 amide bonds. The number of rotatable bonds is 4. The molecule has 3 aromatic rings. The molecule has 1 aliphatic rings. The zero-order valence-corrected chi connectivity index (χ0v) is 14.6. The Morgan fingerprint density at radius 1 is 1.33 bits per heavy atom. The second-order valence-corrected chi connectivity index (χ2v) is 6.76. The number of aryl methyl sites for hydroxylation is 2. The fourth-order valence-electron chi connectivity index (χ4n) is 3.29. The minimum Gasteiger partial charge on any atom is -0.480 e. The number of carboxylic acid groups (broad SMARTS) is 1. The predicted molar refractivity (Wildman–Crippen MR) is 89.1 cm³/mol. The zero-order valence-electron chi connectivity index (χ0n) is 14.6. The Hall–Kier alpha value is -2.91. The van der Waals surface area contributed by atoms with Crippen LogP contribution in [0.1, 0.15) is 35.7 Å². The van der Waals surface area contributed by atoms with Crippen molar-refractivity contribution in [3.63, 3.8) is 0 Å². The predicted octanol–water partition coefficient (Wildman–Crippen LogP) is 3.12. The van der Waals surface area contributed by atoms with Gasteiger partial charge in [0, 0.05) is 24.7 Å². The maximum atomic E-state index is 13.9. The number of carboxylic acids is 1. The van der Waals surface area contributed by atoms with Gasteiger partial charge in [0.25, 0.3) is 0 Å². The third kappa shape index (κ3) is 3.04. The van der Waals surface area contributed by atoms with E-state index in [9.17, 15) is 18.0 Å². The van der Waals surface area contributed by atoms with Gasteiger partial charge in [0.2, 0.25) is 0 Å². The van der Waals surface area contributed by atoms with Crippen LogP contribution in [0.5, 0.6) is 0 Å². The van der Waals surface area contributed by atoms with Crippen molar-refractivity contribution in [2.75, 3.05) is 0 Å². The maximum Gasteiger partial charge on any atom is 0.417 e. The van der Waals surface area contributed by atoms with Gasteiger partial charge in [-0.25, -0.2) is 9.67 Å². The first kappa shape index (κ1) is 17.5. The molecule has 142 valence electrons. The highest BCUT2D eigenvalue weighted by Gasteiger charge is 2.39. The van der Waals surface area contributed by atoms with Crippen LogP contribution in [0.15, 0.2) is 12.3 Å². The zero-order chi connectivity index (χ0) is 19.5. The van der Waals surface area contributed by atoms with E-state index in [1.54, 1.807) is 20.2 Å². The number of aromatic nitrogens is 5. The normalized spacial score (nSPS) is 14.9. The molecular weight excluding hydrogens is 363 g/mol. The summed E-state index contributed by atoms with van der Waals surface area (Å²) in [5.41, 5.74) is 0.455. The monoisotopic (exact) mass is 379 g/mol. The molecule has 0 spiro atoms. The first-order valence-corrected chi connectivity index (χ1v) is 8.36. The summed E-state index contributed by atoms with van der Waals surface area (Å²) in [6.07, 6.45) is -1.56. The van der Waals surface area contributed by atoms with Crippen molar-refractivity contribution in [1.82, 2.24) is 24.5 Å². The van der Waals surface area contributed by atoms with Crippen LogP contribution in [-0.4, -0.2) is 35.6 Å². The van der Waals surface area contributed by atoms with Gasteiger partial charge in [0.05, 0.1) is 28.0 Å². The van der Waals surface area contributed by atoms with Gasteiger partial charge in [-0.2, -0.15) is 23.4 Å². The molecule has 0 atom stereocenters. The van der Waals surface area contributed by atoms with Gasteiger partial charge >= 0.3 is 12.1 Å². The van der Waals surface area contributed by atoms with Crippen LogP contribution in [0.3, 0.4) is 0 Å². The van der Waals surface area contributed by atoms with E-state index in [2.05, 4.69) is 15.2 Å². The van der Waals surface area contributed by atoms with Gasteiger partial charge in [-0.3, -0.25) is 9.48 Å². The molecule has 1 N–H and O–H groups in total. The Bertz CT molecular complexity index is 1060. The van der Waals surface area contributed by atoms with Gasteiger partial charge in [0.1, 0.15) is 6.54 Å². The first-order valence-electron chi connectivity index (χ1n) is 8.36. The molecular formula is C17H16F3N5O2. The topological polar surface area (TPSA) is 85.8 Å². The molecule has 0 aliphatic heterocycles. The van der Waals surface area contributed by atoms with E-state index in [0.29, 0.717) is 11.3 Å². The van der Waals surface area contributed by atoms with Crippen LogP contribution in [0.25, 0.3) is 22.3 Å².